The third-order valence-corrected chi connectivity index (χ3v) is 3.63. The van der Waals surface area contributed by atoms with E-state index in [1.807, 2.05) is 0 Å². The van der Waals surface area contributed by atoms with Crippen LogP contribution < -0.4 is 5.73 Å². The second kappa shape index (κ2) is 3.38. The van der Waals surface area contributed by atoms with Crippen molar-refractivity contribution in [1.82, 2.24) is 14.3 Å². The zero-order valence-corrected chi connectivity index (χ0v) is 8.25. The second-order valence-corrected chi connectivity index (χ2v) is 5.17. The van der Waals surface area contributed by atoms with Crippen molar-refractivity contribution in [3.8, 4) is 0 Å². The van der Waals surface area contributed by atoms with Crippen LogP contribution in [0.2, 0.25) is 0 Å². The van der Waals surface area contributed by atoms with Crippen molar-refractivity contribution in [2.45, 2.75) is 8.68 Å². The number of anilines is 1. The van der Waals surface area contributed by atoms with Crippen LogP contribution in [0.3, 0.4) is 0 Å². The van der Waals surface area contributed by atoms with Crippen LogP contribution in [0.15, 0.2) is 21.2 Å². The van der Waals surface area contributed by atoms with Gasteiger partial charge in [0, 0.05) is 0 Å². The Balaban J connectivity index is 2.14. The van der Waals surface area contributed by atoms with E-state index in [0.29, 0.717) is 0 Å². The monoisotopic (exact) mass is 216 g/mol. The van der Waals surface area contributed by atoms with Crippen molar-refractivity contribution in [3.05, 3.63) is 12.5 Å². The van der Waals surface area contributed by atoms with Gasteiger partial charge in [-0.05, 0) is 23.3 Å². The molecule has 4 nitrogen and oxygen atoms in total. The number of aromatic nitrogens is 3. The number of nitrogens with zero attached hydrogens (tertiary/aromatic N) is 3. The van der Waals surface area contributed by atoms with Crippen molar-refractivity contribution in [2.75, 3.05) is 5.73 Å². The van der Waals surface area contributed by atoms with Gasteiger partial charge in [-0.15, -0.1) is 0 Å². The smallest absolute Gasteiger partial charge is 0.176 e. The van der Waals surface area contributed by atoms with Crippen LogP contribution in [0.5, 0.6) is 0 Å². The van der Waals surface area contributed by atoms with Crippen LogP contribution in [-0.4, -0.2) is 14.3 Å². The van der Waals surface area contributed by atoms with Crippen LogP contribution in [-0.2, 0) is 0 Å². The highest BCUT2D eigenvalue weighted by atomic mass is 32.2. The fourth-order valence-corrected chi connectivity index (χ4v) is 3.01. The summed E-state index contributed by atoms with van der Waals surface area (Å²) < 4.78 is 5.68. The summed E-state index contributed by atoms with van der Waals surface area (Å²) in [6.45, 7) is 0. The van der Waals surface area contributed by atoms with Gasteiger partial charge in [0.1, 0.15) is 11.3 Å². The van der Waals surface area contributed by atoms with Gasteiger partial charge in [0.2, 0.25) is 0 Å². The summed E-state index contributed by atoms with van der Waals surface area (Å²) in [4.78, 5) is 8.10. The van der Waals surface area contributed by atoms with Gasteiger partial charge in [0.05, 0.1) is 6.20 Å². The molecular formula is C5H4N4S3. The first kappa shape index (κ1) is 7.96. The summed E-state index contributed by atoms with van der Waals surface area (Å²) >= 11 is 4.30. The molecule has 12 heavy (non-hydrogen) atoms. The minimum atomic E-state index is 0.724. The number of rotatable bonds is 2. The molecule has 0 saturated heterocycles. The molecule has 0 aliphatic rings. The predicted octanol–water partition coefficient (Wildman–Crippen LogP) is 1.73. The Bertz CT molecular complexity index is 354. The zero-order valence-electron chi connectivity index (χ0n) is 5.80. The molecule has 2 aromatic heterocycles. The third-order valence-electron chi connectivity index (χ3n) is 1.02. The molecule has 0 aliphatic heterocycles. The van der Waals surface area contributed by atoms with Gasteiger partial charge in [-0.1, -0.05) is 11.3 Å². The van der Waals surface area contributed by atoms with Crippen LogP contribution in [0, 0.1) is 0 Å². The molecule has 7 heteroatoms. The van der Waals surface area contributed by atoms with E-state index in [0.717, 1.165) is 13.7 Å². The summed E-state index contributed by atoms with van der Waals surface area (Å²) in [5.74, 6) is 0. The first-order chi connectivity index (χ1) is 5.84. The number of hydrogen-bond acceptors (Lipinski definition) is 7. The largest absolute Gasteiger partial charge is 0.389 e. The van der Waals surface area contributed by atoms with Gasteiger partial charge < -0.3 is 5.73 Å². The Kier molecular flexibility index (Phi) is 2.24. The molecule has 2 aromatic rings. The Hall–Kier alpha value is -0.660. The second-order valence-electron chi connectivity index (χ2n) is 1.84. The van der Waals surface area contributed by atoms with E-state index in [1.165, 1.54) is 41.0 Å². The van der Waals surface area contributed by atoms with Gasteiger partial charge in [0.15, 0.2) is 8.68 Å². The van der Waals surface area contributed by atoms with Crippen LogP contribution in [0.1, 0.15) is 0 Å². The Morgan fingerprint density at radius 3 is 2.83 bits per heavy atom. The van der Waals surface area contributed by atoms with Crippen molar-refractivity contribution in [1.29, 1.82) is 0 Å². The van der Waals surface area contributed by atoms with Gasteiger partial charge >= 0.3 is 0 Å². The molecule has 0 aromatic carbocycles. The minimum absolute atomic E-state index is 0.724. The Morgan fingerprint density at radius 2 is 2.25 bits per heavy atom. The summed E-state index contributed by atoms with van der Waals surface area (Å²) in [5.41, 5.74) is 5.52. The van der Waals surface area contributed by atoms with Crippen LogP contribution in [0.25, 0.3) is 0 Å². The van der Waals surface area contributed by atoms with Gasteiger partial charge in [0.25, 0.3) is 0 Å². The highest BCUT2D eigenvalue weighted by Gasteiger charge is 2.03. The molecule has 0 saturated carbocycles. The van der Waals surface area contributed by atoms with Crippen LogP contribution >= 0.6 is 34.6 Å². The predicted molar refractivity (Wildman–Crippen MR) is 50.6 cm³/mol. The van der Waals surface area contributed by atoms with Crippen molar-refractivity contribution >= 4 is 39.6 Å². The number of thiazole rings is 1. The van der Waals surface area contributed by atoms with Crippen molar-refractivity contribution in [2.24, 2.45) is 0 Å². The maximum Gasteiger partial charge on any atom is 0.176 e. The maximum atomic E-state index is 5.52. The summed E-state index contributed by atoms with van der Waals surface area (Å²) in [5, 5.41) is 0.724. The van der Waals surface area contributed by atoms with Crippen molar-refractivity contribution in [3.63, 3.8) is 0 Å². The fraction of sp³-hybridized carbons (Fsp3) is 0. The maximum absolute atomic E-state index is 5.52. The molecule has 0 spiro atoms. The lowest BCUT2D eigenvalue weighted by atomic mass is 10.9. The molecule has 0 bridgehead atoms. The number of nitrogens with two attached hydrogens (primary N) is 1. The highest BCUT2D eigenvalue weighted by Crippen LogP contribution is 2.32. The number of nitrogen functional groups attached to an aromatic ring is 1. The van der Waals surface area contributed by atoms with E-state index in [-0.39, 0.29) is 0 Å². The average molecular weight is 216 g/mol. The van der Waals surface area contributed by atoms with E-state index in [2.05, 4.69) is 14.3 Å². The lowest BCUT2D eigenvalue weighted by molar-refractivity contribution is 1.20. The molecule has 2 heterocycles. The van der Waals surface area contributed by atoms with E-state index in [4.69, 9.17) is 5.73 Å². The zero-order chi connectivity index (χ0) is 8.39. The normalized spacial score (nSPS) is 10.3. The standard InChI is InChI=1S/C5H4N4S3/c6-3-1-7-4(10-3)11-5-8-2-9-12-5/h1-2H,6H2. The molecule has 0 atom stereocenters. The lowest BCUT2D eigenvalue weighted by Gasteiger charge is -1.85. The van der Waals surface area contributed by atoms with Crippen LogP contribution in [0.4, 0.5) is 5.00 Å². The van der Waals surface area contributed by atoms with Gasteiger partial charge in [-0.25, -0.2) is 9.97 Å². The first-order valence-corrected chi connectivity index (χ1v) is 5.41. The topological polar surface area (TPSA) is 64.7 Å². The highest BCUT2D eigenvalue weighted by molar-refractivity contribution is 8.02. The van der Waals surface area contributed by atoms with E-state index in [1.54, 1.807) is 6.20 Å². The quantitative estimate of drug-likeness (QED) is 0.828. The average Bonchev–Trinajstić information content (AvgIpc) is 2.63. The van der Waals surface area contributed by atoms with E-state index in [9.17, 15) is 0 Å². The van der Waals surface area contributed by atoms with Crippen molar-refractivity contribution < 1.29 is 0 Å². The summed E-state index contributed by atoms with van der Waals surface area (Å²) in [7, 11) is 0. The molecule has 0 aliphatic carbocycles. The van der Waals surface area contributed by atoms with Gasteiger partial charge in [-0.3, -0.25) is 0 Å². The lowest BCUT2D eigenvalue weighted by Crippen LogP contribution is -1.73. The van der Waals surface area contributed by atoms with Gasteiger partial charge in [-0.2, -0.15) is 4.37 Å². The molecule has 0 amide bonds. The minimum Gasteiger partial charge on any atom is -0.389 e. The molecule has 2 N–H and O–H groups in total. The summed E-state index contributed by atoms with van der Waals surface area (Å²) in [6, 6.07) is 0. The molecular weight excluding hydrogens is 212 g/mol. The molecule has 2 rings (SSSR count). The third kappa shape index (κ3) is 1.74. The number of hydrogen-bond donors (Lipinski definition) is 1. The molecule has 0 fully saturated rings. The molecule has 0 unspecified atom stereocenters. The Labute approximate surface area is 81.0 Å². The van der Waals surface area contributed by atoms with E-state index < -0.39 is 0 Å². The fourth-order valence-electron chi connectivity index (χ4n) is 0.600. The summed E-state index contributed by atoms with van der Waals surface area (Å²) in [6.07, 6.45) is 3.18. The molecule has 62 valence electrons. The van der Waals surface area contributed by atoms with E-state index >= 15 is 0 Å². The Morgan fingerprint density at radius 1 is 1.33 bits per heavy atom. The first-order valence-electron chi connectivity index (χ1n) is 3.00. The molecule has 0 radical (unpaired) electrons. The SMILES string of the molecule is Nc1cnc(Sc2ncns2)s1.